The Morgan fingerprint density at radius 1 is 0.933 bits per heavy atom. The first kappa shape index (κ1) is 6.69. The number of hydrogen-bond acceptors (Lipinski definition) is 2. The zero-order valence-corrected chi connectivity index (χ0v) is 12.6. The molecule has 10 heterocycles. The average molecular weight is 268 g/mol. The summed E-state index contributed by atoms with van der Waals surface area (Å²) in [5.41, 5.74) is 0. The summed E-state index contributed by atoms with van der Waals surface area (Å²) in [7, 11) is 0. The second-order valence-corrected chi connectivity index (χ2v) is 33.5. The van der Waals surface area contributed by atoms with E-state index in [1.165, 1.54) is 0 Å². The van der Waals surface area contributed by atoms with E-state index in [9.17, 15) is 9.90 Å². The molecule has 2 nitrogen and oxygen atoms in total. The first-order chi connectivity index (χ1) is 6.49. The summed E-state index contributed by atoms with van der Waals surface area (Å²) in [4.78, 5) is 21.3. The molecule has 0 saturated carbocycles. The molecule has 0 radical (unpaired) electrons. The van der Waals surface area contributed by atoms with Crippen molar-refractivity contribution in [2.75, 3.05) is 0 Å². The van der Waals surface area contributed by atoms with Crippen LogP contribution in [0.5, 0.6) is 0 Å². The normalized spacial score (nSPS) is 132. The molecule has 0 N–H and O–H groups in total. The number of hydrogen-bond donors (Lipinski definition) is 0. The van der Waals surface area contributed by atoms with Crippen molar-refractivity contribution in [3.8, 4) is 0 Å². The van der Waals surface area contributed by atoms with Crippen molar-refractivity contribution in [3.05, 3.63) is 0 Å². The molecule has 0 amide bonds. The van der Waals surface area contributed by atoms with Crippen molar-refractivity contribution < 1.29 is 67.8 Å². The maximum atomic E-state index is 11.7. The largest absolute Gasteiger partial charge is 1.00 e. The van der Waals surface area contributed by atoms with Crippen LogP contribution in [0.1, 0.15) is 0 Å². The third kappa shape index (κ3) is 0.0596. The Kier molecular flexibility index (Phi) is 0.218. The first-order valence-electron chi connectivity index (χ1n) is 5.92. The molecule has 4 unspecified atom stereocenters. The van der Waals surface area contributed by atoms with E-state index in [2.05, 4.69) is 0 Å². The average Bonchev–Trinajstić information content (AvgIpc) is 3.13. The Balaban J connectivity index is 0.000000529. The Hall–Kier alpha value is 1.63. The van der Waals surface area contributed by atoms with Crippen molar-refractivity contribution in [1.82, 2.24) is 0 Å². The second kappa shape index (κ2) is 0.490. The number of rotatable bonds is 1. The van der Waals surface area contributed by atoms with Crippen molar-refractivity contribution in [1.29, 1.82) is 0 Å². The maximum Gasteiger partial charge on any atom is 1.00 e. The summed E-state index contributed by atoms with van der Waals surface area (Å²) in [5, 5.41) is 11.7. The standard InChI is InChI=1S/C6H5O2.C5H5.Fe.K/c7-6(8)5-3-1-2-4-5;1-2-4-5-3-1;;/h1-4H,(H,7,8);1-5H;;/q;;;+1/p-1. The second-order valence-electron chi connectivity index (χ2n) is 9.97. The van der Waals surface area contributed by atoms with Gasteiger partial charge >= 0.3 is 121 Å². The Morgan fingerprint density at radius 2 is 1.33 bits per heavy atom. The van der Waals surface area contributed by atoms with E-state index < -0.39 is 12.5 Å². The van der Waals surface area contributed by atoms with E-state index >= 15 is 0 Å². The van der Waals surface area contributed by atoms with Crippen LogP contribution in [0.25, 0.3) is 0 Å². The molecule has 74 valence electrons. The van der Waals surface area contributed by atoms with Gasteiger partial charge in [-0.3, -0.25) is 0 Å². The zero-order valence-electron chi connectivity index (χ0n) is 8.37. The third-order valence-corrected chi connectivity index (χ3v) is 57.3. The van der Waals surface area contributed by atoms with Crippen molar-refractivity contribution >= 4 is 5.97 Å². The molecule has 10 rings (SSSR count). The Bertz CT molecular complexity index is 853. The van der Waals surface area contributed by atoms with Gasteiger partial charge in [-0.1, -0.05) is 0 Å². The van der Waals surface area contributed by atoms with Crippen molar-refractivity contribution in [2.45, 2.75) is 47.7 Å². The molecule has 4 atom stereocenters. The molecular formula is C11H9FeKO2. The van der Waals surface area contributed by atoms with E-state index in [-0.39, 0.29) is 55.7 Å². The monoisotopic (exact) mass is 268 g/mol. The SMILES string of the molecule is O=C([O-])[C]12[CH]3[CH]4[CH]5[CH]1[Fe]45321678[CH]2[CH]1[CH]6[CH]7[CH]28.[K+]. The molecule has 0 aromatic heterocycles. The summed E-state index contributed by atoms with van der Waals surface area (Å²) in [6, 6.07) is 0. The van der Waals surface area contributed by atoms with Crippen LogP contribution in [0, 0.1) is 0 Å². The van der Waals surface area contributed by atoms with Gasteiger partial charge in [-0.25, -0.2) is 0 Å². The van der Waals surface area contributed by atoms with Crippen LogP contribution in [-0.2, 0) is 11.3 Å². The molecule has 0 aromatic rings. The van der Waals surface area contributed by atoms with Gasteiger partial charge in [-0.15, -0.1) is 0 Å². The van der Waals surface area contributed by atoms with Crippen LogP contribution < -0.4 is 56.5 Å². The van der Waals surface area contributed by atoms with Crippen LogP contribution in [0.3, 0.4) is 0 Å². The number of carbonyl (C=O) groups excluding carboxylic acids is 1. The molecule has 10 fully saturated rings. The number of carbonyl (C=O) groups is 1. The smallest absolute Gasteiger partial charge is 1.00 e. The van der Waals surface area contributed by atoms with Crippen LogP contribution >= 0.6 is 0 Å². The predicted molar refractivity (Wildman–Crippen MR) is 41.5 cm³/mol. The quantitative estimate of drug-likeness (QED) is 0.543. The summed E-state index contributed by atoms with van der Waals surface area (Å²) >= 11 is 0. The zero-order chi connectivity index (χ0) is 8.59. The topological polar surface area (TPSA) is 40.1 Å². The van der Waals surface area contributed by atoms with Gasteiger partial charge in [-0.05, 0) is 0 Å². The number of fused-ring (bicyclic) bond motifs is 10. The molecule has 0 bridgehead atoms. The molecule has 0 aromatic carbocycles. The summed E-state index contributed by atoms with van der Waals surface area (Å²) in [6.45, 7) is -3.25. The Labute approximate surface area is 119 Å². The third-order valence-electron chi connectivity index (χ3n) is 15.0. The number of carboxylic acid groups (broad SMARTS) is 1. The van der Waals surface area contributed by atoms with Gasteiger partial charge in [0, 0.05) is 0 Å². The van der Waals surface area contributed by atoms with E-state index in [1.54, 1.807) is 0 Å². The fraction of sp³-hybridized carbons (Fsp3) is 0.909. The van der Waals surface area contributed by atoms with Gasteiger partial charge in [-0.2, -0.15) is 0 Å². The minimum Gasteiger partial charge on any atom is 1.00 e. The van der Waals surface area contributed by atoms with Gasteiger partial charge in [0.1, 0.15) is 0 Å². The predicted octanol–water partition coefficient (Wildman–Crippen LogP) is -1.50. The molecule has 4 heteroatoms. The van der Waals surface area contributed by atoms with Crippen LogP contribution in [0.4, 0.5) is 0 Å². The van der Waals surface area contributed by atoms with Gasteiger partial charge in [0.25, 0.3) is 0 Å². The summed E-state index contributed by atoms with van der Waals surface area (Å²) in [5.74, 6) is -0.524. The van der Waals surface area contributed by atoms with Crippen LogP contribution in [0.2, 0.25) is 47.7 Å². The molecular weight excluding hydrogens is 259 g/mol. The van der Waals surface area contributed by atoms with Crippen LogP contribution in [-0.4, -0.2) is 5.97 Å². The first-order valence-corrected chi connectivity index (χ1v) is 12.2. The fourth-order valence-corrected chi connectivity index (χ4v) is 90.2. The molecule has 1 spiro atoms. The van der Waals surface area contributed by atoms with Crippen molar-refractivity contribution in [2.24, 2.45) is 0 Å². The minimum atomic E-state index is -3.25. The van der Waals surface area contributed by atoms with Gasteiger partial charge in [0.2, 0.25) is 0 Å². The number of carboxylic acids is 1. The molecule has 10 aliphatic rings. The van der Waals surface area contributed by atoms with Crippen molar-refractivity contribution in [3.63, 3.8) is 0 Å². The maximum absolute atomic E-state index is 11.7. The van der Waals surface area contributed by atoms with E-state index in [1.807, 2.05) is 0 Å². The van der Waals surface area contributed by atoms with E-state index in [4.69, 9.17) is 0 Å². The van der Waals surface area contributed by atoms with Gasteiger partial charge in [0.05, 0.1) is 0 Å². The molecule has 10 aliphatic heterocycles. The van der Waals surface area contributed by atoms with Gasteiger partial charge < -0.3 is 0 Å². The molecule has 15 heavy (non-hydrogen) atoms. The summed E-state index contributed by atoms with van der Waals surface area (Å²) < 4.78 is -0.000926. The molecule has 10 saturated heterocycles. The van der Waals surface area contributed by atoms with Gasteiger partial charge in [0.15, 0.2) is 0 Å². The summed E-state index contributed by atoms with van der Waals surface area (Å²) in [6.07, 6.45) is 0. The van der Waals surface area contributed by atoms with E-state index in [0.29, 0.717) is 0 Å². The minimum absolute atomic E-state index is 0. The Morgan fingerprint density at radius 3 is 1.40 bits per heavy atom. The van der Waals surface area contributed by atoms with Crippen LogP contribution in [0.15, 0.2) is 0 Å². The molecule has 0 aliphatic carbocycles. The fourth-order valence-electron chi connectivity index (χ4n) is 16.7. The van der Waals surface area contributed by atoms with E-state index in [0.717, 1.165) is 43.3 Å². The number of aliphatic carboxylic acids is 1.